The van der Waals surface area contributed by atoms with Gasteiger partial charge >= 0.3 is 6.61 Å². The van der Waals surface area contributed by atoms with Crippen molar-refractivity contribution in [2.24, 2.45) is 0 Å². The molecular weight excluding hydrogens is 530 g/mol. The Bertz CT molecular complexity index is 1150. The molecule has 3 amide bonds. The Kier molecular flexibility index (Phi) is 8.95. The van der Waals surface area contributed by atoms with Gasteiger partial charge in [-0.2, -0.15) is 8.78 Å². The molecule has 2 fully saturated rings. The van der Waals surface area contributed by atoms with Crippen molar-refractivity contribution in [3.63, 3.8) is 0 Å². The SMILES string of the molecule is CCN(C1CC1)[C@@H](CNC(=O)c1ccc(Cl)s1)C(=O)Nc1ccc(N2CCOCC2=O)cc1OC(F)F. The van der Waals surface area contributed by atoms with Crippen molar-refractivity contribution in [3.8, 4) is 5.75 Å². The van der Waals surface area contributed by atoms with E-state index in [-0.39, 0.29) is 49.0 Å². The van der Waals surface area contributed by atoms with Gasteiger partial charge in [0.15, 0.2) is 5.75 Å². The van der Waals surface area contributed by atoms with Crippen LogP contribution in [0.3, 0.4) is 0 Å². The van der Waals surface area contributed by atoms with E-state index in [4.69, 9.17) is 16.3 Å². The number of morpholine rings is 1. The Morgan fingerprint density at radius 3 is 2.70 bits per heavy atom. The summed E-state index contributed by atoms with van der Waals surface area (Å²) in [6, 6.07) is 6.92. The van der Waals surface area contributed by atoms with Crippen LogP contribution in [0.2, 0.25) is 4.34 Å². The second-order valence-electron chi connectivity index (χ2n) is 8.54. The van der Waals surface area contributed by atoms with Gasteiger partial charge in [-0.25, -0.2) is 0 Å². The van der Waals surface area contributed by atoms with Gasteiger partial charge in [0.25, 0.3) is 11.8 Å². The van der Waals surface area contributed by atoms with E-state index in [9.17, 15) is 23.2 Å². The van der Waals surface area contributed by atoms with Gasteiger partial charge in [-0.3, -0.25) is 19.3 Å². The lowest BCUT2D eigenvalue weighted by atomic mass is 10.1. The van der Waals surface area contributed by atoms with Crippen LogP contribution < -0.4 is 20.3 Å². The normalized spacial score (nSPS) is 16.7. The van der Waals surface area contributed by atoms with Crippen LogP contribution in [0, 0.1) is 0 Å². The van der Waals surface area contributed by atoms with Crippen LogP contribution >= 0.6 is 22.9 Å². The molecule has 0 radical (unpaired) electrons. The molecule has 2 aliphatic rings. The number of thiophene rings is 1. The van der Waals surface area contributed by atoms with Crippen molar-refractivity contribution < 1.29 is 32.6 Å². The quantitative estimate of drug-likeness (QED) is 0.439. The third-order valence-corrected chi connectivity index (χ3v) is 7.30. The van der Waals surface area contributed by atoms with Gasteiger partial charge in [0.2, 0.25) is 5.91 Å². The molecule has 1 saturated carbocycles. The third kappa shape index (κ3) is 6.95. The molecule has 4 rings (SSSR count). The average Bonchev–Trinajstić information content (AvgIpc) is 3.61. The highest BCUT2D eigenvalue weighted by molar-refractivity contribution is 7.18. The maximum absolute atomic E-state index is 13.4. The molecule has 9 nitrogen and oxygen atoms in total. The van der Waals surface area contributed by atoms with Gasteiger partial charge in [-0.1, -0.05) is 18.5 Å². The number of amides is 3. The van der Waals surface area contributed by atoms with Crippen molar-refractivity contribution in [2.45, 2.75) is 38.5 Å². The predicted molar refractivity (Wildman–Crippen MR) is 136 cm³/mol. The summed E-state index contributed by atoms with van der Waals surface area (Å²) in [6.07, 6.45) is 1.85. The lowest BCUT2D eigenvalue weighted by Gasteiger charge is -2.30. The minimum absolute atomic E-state index is 0.00985. The summed E-state index contributed by atoms with van der Waals surface area (Å²) in [5.74, 6) is -1.42. The molecule has 0 unspecified atom stereocenters. The van der Waals surface area contributed by atoms with E-state index in [1.807, 2.05) is 11.8 Å². The van der Waals surface area contributed by atoms with Crippen molar-refractivity contribution in [3.05, 3.63) is 39.5 Å². The largest absolute Gasteiger partial charge is 0.433 e. The van der Waals surface area contributed by atoms with Crippen LogP contribution in [0.1, 0.15) is 29.4 Å². The summed E-state index contributed by atoms with van der Waals surface area (Å²) in [4.78, 5) is 42.0. The summed E-state index contributed by atoms with van der Waals surface area (Å²) in [5, 5.41) is 5.47. The molecule has 1 aliphatic heterocycles. The first kappa shape index (κ1) is 27.2. The van der Waals surface area contributed by atoms with Crippen molar-refractivity contribution in [1.82, 2.24) is 10.2 Å². The van der Waals surface area contributed by atoms with Crippen LogP contribution in [0.4, 0.5) is 20.2 Å². The number of rotatable bonds is 11. The number of nitrogens with zero attached hydrogens (tertiary/aromatic N) is 2. The molecule has 13 heteroatoms. The maximum Gasteiger partial charge on any atom is 0.387 e. The fraction of sp³-hybridized carbons (Fsp3) is 0.458. The number of carbonyl (C=O) groups is 3. The Balaban J connectivity index is 1.53. The first-order chi connectivity index (χ1) is 17.8. The summed E-state index contributed by atoms with van der Waals surface area (Å²) < 4.78 is 36.7. The van der Waals surface area contributed by atoms with Crippen LogP contribution in [0.15, 0.2) is 30.3 Å². The summed E-state index contributed by atoms with van der Waals surface area (Å²) in [5.41, 5.74) is 0.386. The van der Waals surface area contributed by atoms with Gasteiger partial charge < -0.3 is 25.0 Å². The Morgan fingerprint density at radius 2 is 2.08 bits per heavy atom. The minimum atomic E-state index is -3.14. The van der Waals surface area contributed by atoms with E-state index < -0.39 is 18.6 Å². The molecule has 0 spiro atoms. The lowest BCUT2D eigenvalue weighted by molar-refractivity contribution is -0.125. The number of nitrogens with one attached hydrogen (secondary N) is 2. The van der Waals surface area contributed by atoms with Gasteiger partial charge in [0.05, 0.1) is 21.5 Å². The molecule has 1 atom stereocenters. The Morgan fingerprint density at radius 1 is 1.30 bits per heavy atom. The number of halogens is 3. The standard InChI is InChI=1S/C24H27ClF2N4O5S/c1-2-30(14-3-4-14)17(12-28-23(34)19-7-8-20(25)37-19)22(33)29-16-6-5-15(11-18(16)36-24(26)27)31-9-10-35-13-21(31)32/h5-8,11,14,17,24H,2-4,9-10,12-13H2,1H3,(H,28,34)(H,29,33)/t17-/m0/s1. The molecule has 1 aliphatic carbocycles. The van der Waals surface area contributed by atoms with E-state index in [1.165, 1.54) is 17.0 Å². The van der Waals surface area contributed by atoms with E-state index in [0.29, 0.717) is 28.1 Å². The third-order valence-electron chi connectivity index (χ3n) is 6.07. The van der Waals surface area contributed by atoms with Crippen LogP contribution in [0.5, 0.6) is 5.75 Å². The number of anilines is 2. The first-order valence-corrected chi connectivity index (χ1v) is 13.0. The minimum Gasteiger partial charge on any atom is -0.433 e. The second kappa shape index (κ2) is 12.2. The number of ether oxygens (including phenoxy) is 2. The van der Waals surface area contributed by atoms with Gasteiger partial charge in [0.1, 0.15) is 12.6 Å². The van der Waals surface area contributed by atoms with Gasteiger partial charge in [-0.05, 0) is 43.7 Å². The number of alkyl halides is 2. The van der Waals surface area contributed by atoms with E-state index in [0.717, 1.165) is 24.2 Å². The zero-order valence-electron chi connectivity index (χ0n) is 20.0. The van der Waals surface area contributed by atoms with Crippen LogP contribution in [-0.2, 0) is 14.3 Å². The number of carbonyl (C=O) groups excluding carboxylic acids is 3. The number of benzene rings is 1. The van der Waals surface area contributed by atoms with E-state index in [1.54, 1.807) is 18.2 Å². The molecular formula is C24H27ClF2N4O5S. The highest BCUT2D eigenvalue weighted by Crippen LogP contribution is 2.33. The summed E-state index contributed by atoms with van der Waals surface area (Å²) in [6.45, 7) is -0.186. The molecule has 2 aromatic rings. The zero-order valence-corrected chi connectivity index (χ0v) is 21.6. The fourth-order valence-corrected chi connectivity index (χ4v) is 5.15. The highest BCUT2D eigenvalue weighted by Gasteiger charge is 2.37. The van der Waals surface area contributed by atoms with Crippen LogP contribution in [0.25, 0.3) is 0 Å². The topological polar surface area (TPSA) is 100 Å². The molecule has 200 valence electrons. The average molecular weight is 557 g/mol. The van der Waals surface area contributed by atoms with E-state index in [2.05, 4.69) is 15.4 Å². The second-order valence-corrected chi connectivity index (χ2v) is 10.3. The molecule has 0 bridgehead atoms. The monoisotopic (exact) mass is 556 g/mol. The smallest absolute Gasteiger partial charge is 0.387 e. The molecule has 1 aromatic heterocycles. The molecule has 2 N–H and O–H groups in total. The highest BCUT2D eigenvalue weighted by atomic mass is 35.5. The molecule has 2 heterocycles. The number of hydrogen-bond donors (Lipinski definition) is 2. The number of hydrogen-bond acceptors (Lipinski definition) is 7. The van der Waals surface area contributed by atoms with E-state index >= 15 is 0 Å². The van der Waals surface area contributed by atoms with Crippen molar-refractivity contribution in [2.75, 3.05) is 43.1 Å². The summed E-state index contributed by atoms with van der Waals surface area (Å²) in [7, 11) is 0. The lowest BCUT2D eigenvalue weighted by Crippen LogP contribution is -2.51. The maximum atomic E-state index is 13.4. The molecule has 1 saturated heterocycles. The Labute approximate surface area is 221 Å². The molecule has 1 aromatic carbocycles. The fourth-order valence-electron chi connectivity index (χ4n) is 4.20. The Hall–Kier alpha value is -2.80. The predicted octanol–water partition coefficient (Wildman–Crippen LogP) is 3.59. The first-order valence-electron chi connectivity index (χ1n) is 11.8. The molecule has 37 heavy (non-hydrogen) atoms. The van der Waals surface area contributed by atoms with Gasteiger partial charge in [-0.15, -0.1) is 11.3 Å². The zero-order chi connectivity index (χ0) is 26.5. The van der Waals surface area contributed by atoms with Crippen molar-refractivity contribution in [1.29, 1.82) is 0 Å². The van der Waals surface area contributed by atoms with Gasteiger partial charge in [0, 0.05) is 30.9 Å². The van der Waals surface area contributed by atoms with Crippen molar-refractivity contribution >= 4 is 52.0 Å². The van der Waals surface area contributed by atoms with Crippen LogP contribution in [-0.4, -0.2) is 74.2 Å². The number of likely N-dealkylation sites (N-methyl/N-ethyl adjacent to an activating group) is 1. The summed E-state index contributed by atoms with van der Waals surface area (Å²) >= 11 is 7.05.